The van der Waals surface area contributed by atoms with Gasteiger partial charge in [0.05, 0.1) is 11.5 Å². The van der Waals surface area contributed by atoms with E-state index in [1.54, 1.807) is 24.1 Å². The molecular weight excluding hydrogens is 260 g/mol. The van der Waals surface area contributed by atoms with Gasteiger partial charge in [0.25, 0.3) is 0 Å². The highest BCUT2D eigenvalue weighted by Crippen LogP contribution is 2.43. The zero-order valence-corrected chi connectivity index (χ0v) is 10.2. The van der Waals surface area contributed by atoms with Crippen LogP contribution in [0.5, 0.6) is 0 Å². The van der Waals surface area contributed by atoms with E-state index in [9.17, 15) is 17.6 Å². The van der Waals surface area contributed by atoms with Crippen molar-refractivity contribution >= 4 is 5.69 Å². The summed E-state index contributed by atoms with van der Waals surface area (Å²) in [5, 5.41) is 8.61. The smallest absolute Gasteiger partial charge is 0.371 e. The van der Waals surface area contributed by atoms with Gasteiger partial charge < -0.3 is 4.90 Å². The van der Waals surface area contributed by atoms with Gasteiger partial charge in [-0.1, -0.05) is 0 Å². The minimum absolute atomic E-state index is 0.0294. The quantitative estimate of drug-likeness (QED) is 0.771. The Balaban J connectivity index is 2.05. The van der Waals surface area contributed by atoms with Crippen LogP contribution in [-0.4, -0.2) is 19.3 Å². The van der Waals surface area contributed by atoms with Crippen LogP contribution in [0.25, 0.3) is 0 Å². The first kappa shape index (κ1) is 13.7. The molecule has 1 aliphatic carbocycles. The molecule has 1 aliphatic rings. The normalized spacial score (nSPS) is 22.5. The first-order chi connectivity index (χ1) is 8.82. The summed E-state index contributed by atoms with van der Waals surface area (Å²) < 4.78 is 50.6. The highest BCUT2D eigenvalue weighted by atomic mass is 19.4. The molecule has 102 valence electrons. The summed E-state index contributed by atoms with van der Waals surface area (Å²) in [4.78, 5) is 1.63. The number of halogens is 4. The number of anilines is 1. The molecule has 0 bridgehead atoms. The lowest BCUT2D eigenvalue weighted by Crippen LogP contribution is -2.47. The molecule has 0 radical (unpaired) electrons. The number of hydrogen-bond donors (Lipinski definition) is 0. The molecule has 0 unspecified atom stereocenters. The highest BCUT2D eigenvalue weighted by Gasteiger charge is 2.48. The molecule has 1 aromatic carbocycles. The number of hydrogen-bond acceptors (Lipinski definition) is 2. The van der Waals surface area contributed by atoms with Crippen LogP contribution in [0.2, 0.25) is 0 Å². The monoisotopic (exact) mass is 272 g/mol. The predicted molar refractivity (Wildman–Crippen MR) is 62.1 cm³/mol. The molecule has 0 amide bonds. The Morgan fingerprint density at radius 1 is 1.32 bits per heavy atom. The van der Waals surface area contributed by atoms with Crippen LogP contribution in [0.4, 0.5) is 23.2 Å². The molecule has 0 spiro atoms. The Morgan fingerprint density at radius 2 is 1.95 bits per heavy atom. The molecule has 0 heterocycles. The lowest BCUT2D eigenvalue weighted by molar-refractivity contribution is -0.196. The minimum Gasteiger partial charge on any atom is -0.371 e. The van der Waals surface area contributed by atoms with Gasteiger partial charge in [0, 0.05) is 18.8 Å². The molecular formula is C13H12F4N2. The third-order valence-corrected chi connectivity index (χ3v) is 3.60. The third kappa shape index (κ3) is 2.65. The van der Waals surface area contributed by atoms with Gasteiger partial charge >= 0.3 is 6.18 Å². The van der Waals surface area contributed by atoms with Gasteiger partial charge in [-0.05, 0) is 31.0 Å². The van der Waals surface area contributed by atoms with E-state index in [0.717, 1.165) is 0 Å². The molecule has 0 aromatic heterocycles. The first-order valence-corrected chi connectivity index (χ1v) is 5.82. The summed E-state index contributed by atoms with van der Waals surface area (Å²) in [6.07, 6.45) is -4.09. The van der Waals surface area contributed by atoms with E-state index in [1.807, 2.05) is 0 Å². The third-order valence-electron chi connectivity index (χ3n) is 3.60. The molecule has 2 rings (SSSR count). The van der Waals surface area contributed by atoms with Gasteiger partial charge in [-0.2, -0.15) is 18.4 Å². The van der Waals surface area contributed by atoms with Gasteiger partial charge in [0.1, 0.15) is 11.9 Å². The average Bonchev–Trinajstić information content (AvgIpc) is 2.24. The zero-order valence-electron chi connectivity index (χ0n) is 10.2. The van der Waals surface area contributed by atoms with E-state index >= 15 is 0 Å². The van der Waals surface area contributed by atoms with Crippen LogP contribution in [0, 0.1) is 23.1 Å². The Morgan fingerprint density at radius 3 is 2.42 bits per heavy atom. The van der Waals surface area contributed by atoms with Gasteiger partial charge in [0.15, 0.2) is 0 Å². The van der Waals surface area contributed by atoms with Crippen molar-refractivity contribution in [3.8, 4) is 6.07 Å². The number of nitrogens with zero attached hydrogens (tertiary/aromatic N) is 2. The predicted octanol–water partition coefficient (Wildman–Crippen LogP) is 3.47. The van der Waals surface area contributed by atoms with Crippen LogP contribution in [0.1, 0.15) is 18.4 Å². The van der Waals surface area contributed by atoms with Gasteiger partial charge in [-0.3, -0.25) is 0 Å². The van der Waals surface area contributed by atoms with Gasteiger partial charge in [0.2, 0.25) is 0 Å². The average molecular weight is 272 g/mol. The van der Waals surface area contributed by atoms with Crippen LogP contribution >= 0.6 is 0 Å². The summed E-state index contributed by atoms with van der Waals surface area (Å²) >= 11 is 0. The van der Waals surface area contributed by atoms with E-state index in [4.69, 9.17) is 5.26 Å². The fourth-order valence-electron chi connectivity index (χ4n) is 2.20. The van der Waals surface area contributed by atoms with Crippen molar-refractivity contribution in [1.29, 1.82) is 5.26 Å². The topological polar surface area (TPSA) is 27.0 Å². The van der Waals surface area contributed by atoms with Crippen LogP contribution < -0.4 is 4.90 Å². The number of nitriles is 1. The fourth-order valence-corrected chi connectivity index (χ4v) is 2.20. The maximum Gasteiger partial charge on any atom is 0.391 e. The second-order valence-electron chi connectivity index (χ2n) is 4.75. The molecule has 0 aliphatic heterocycles. The van der Waals surface area contributed by atoms with Crippen molar-refractivity contribution in [3.63, 3.8) is 0 Å². The van der Waals surface area contributed by atoms with E-state index in [1.165, 1.54) is 12.1 Å². The standard InChI is InChI=1S/C13H12F4N2/c1-19(11-4-9(5-11)13(15,16)17)10-3-2-8(7-18)12(14)6-10/h2-3,6,9,11H,4-5H2,1H3. The molecule has 6 heteroatoms. The summed E-state index contributed by atoms with van der Waals surface area (Å²) in [6, 6.07) is 5.52. The molecule has 1 fully saturated rings. The second kappa shape index (κ2) is 4.72. The van der Waals surface area contributed by atoms with E-state index in [2.05, 4.69) is 0 Å². The zero-order chi connectivity index (χ0) is 14.2. The number of alkyl halides is 3. The van der Waals surface area contributed by atoms with Crippen molar-refractivity contribution in [3.05, 3.63) is 29.6 Å². The SMILES string of the molecule is CN(c1ccc(C#N)c(F)c1)C1CC(C(F)(F)F)C1. The van der Waals surface area contributed by atoms with Crippen molar-refractivity contribution in [2.24, 2.45) is 5.92 Å². The van der Waals surface area contributed by atoms with Crippen LogP contribution in [-0.2, 0) is 0 Å². The Labute approximate surface area is 108 Å². The minimum atomic E-state index is -4.15. The van der Waals surface area contributed by atoms with Crippen LogP contribution in [0.3, 0.4) is 0 Å². The Bertz CT molecular complexity index is 512. The molecule has 0 saturated heterocycles. The van der Waals surface area contributed by atoms with Gasteiger partial charge in [-0.15, -0.1) is 0 Å². The number of benzene rings is 1. The van der Waals surface area contributed by atoms with Gasteiger partial charge in [-0.25, -0.2) is 4.39 Å². The second-order valence-corrected chi connectivity index (χ2v) is 4.75. The van der Waals surface area contributed by atoms with E-state index < -0.39 is 17.9 Å². The summed E-state index contributed by atoms with van der Waals surface area (Å²) in [6.45, 7) is 0. The first-order valence-electron chi connectivity index (χ1n) is 5.82. The molecule has 2 nitrogen and oxygen atoms in total. The lowest BCUT2D eigenvalue weighted by Gasteiger charge is -2.42. The van der Waals surface area contributed by atoms with E-state index in [-0.39, 0.29) is 24.4 Å². The summed E-state index contributed by atoms with van der Waals surface area (Å²) in [7, 11) is 1.64. The molecule has 0 N–H and O–H groups in total. The van der Waals surface area contributed by atoms with Crippen LogP contribution in [0.15, 0.2) is 18.2 Å². The Hall–Kier alpha value is -1.77. The van der Waals surface area contributed by atoms with Crippen molar-refractivity contribution in [2.75, 3.05) is 11.9 Å². The molecule has 0 atom stereocenters. The van der Waals surface area contributed by atoms with Crippen molar-refractivity contribution in [1.82, 2.24) is 0 Å². The lowest BCUT2D eigenvalue weighted by atomic mass is 9.79. The molecule has 1 saturated carbocycles. The summed E-state index contributed by atoms with van der Waals surface area (Å²) in [5.74, 6) is -1.92. The Kier molecular flexibility index (Phi) is 3.40. The fraction of sp³-hybridized carbons (Fsp3) is 0.462. The maximum atomic E-state index is 13.4. The maximum absolute atomic E-state index is 13.4. The number of rotatable bonds is 2. The molecule has 19 heavy (non-hydrogen) atoms. The highest BCUT2D eigenvalue weighted by molar-refractivity contribution is 5.51. The molecule has 1 aromatic rings. The van der Waals surface area contributed by atoms with E-state index in [0.29, 0.717) is 5.69 Å². The van der Waals surface area contributed by atoms with Crippen molar-refractivity contribution in [2.45, 2.75) is 25.1 Å². The van der Waals surface area contributed by atoms with Crippen molar-refractivity contribution < 1.29 is 17.6 Å². The largest absolute Gasteiger partial charge is 0.391 e. The summed E-state index contributed by atoms with van der Waals surface area (Å²) in [5.41, 5.74) is 0.418.